The van der Waals surface area contributed by atoms with Gasteiger partial charge in [-0.2, -0.15) is 10.5 Å². The topological polar surface area (TPSA) is 47.6 Å². The van der Waals surface area contributed by atoms with E-state index in [0.29, 0.717) is 0 Å². The number of halogens is 1. The Kier molecular flexibility index (Phi) is 3.04. The van der Waals surface area contributed by atoms with Crippen LogP contribution < -0.4 is 0 Å². The van der Waals surface area contributed by atoms with Gasteiger partial charge in [0.25, 0.3) is 0 Å². The Morgan fingerprint density at radius 3 is 2.50 bits per heavy atom. The van der Waals surface area contributed by atoms with E-state index in [9.17, 15) is 0 Å². The first kappa shape index (κ1) is 8.99. The van der Waals surface area contributed by atoms with E-state index in [-0.39, 0.29) is 5.57 Å². The Labute approximate surface area is 82.5 Å². The lowest BCUT2D eigenvalue weighted by molar-refractivity contribution is 1.47. The third kappa shape index (κ3) is 2.20. The lowest BCUT2D eigenvalue weighted by atomic mass is 10.3. The van der Waals surface area contributed by atoms with Crippen molar-refractivity contribution in [2.75, 3.05) is 0 Å². The van der Waals surface area contributed by atoms with E-state index in [1.165, 1.54) is 11.3 Å². The van der Waals surface area contributed by atoms with Gasteiger partial charge in [0.15, 0.2) is 0 Å². The molecule has 0 aliphatic rings. The monoisotopic (exact) mass is 238 g/mol. The van der Waals surface area contributed by atoms with E-state index in [1.807, 2.05) is 12.1 Å². The normalized spacial score (nSPS) is 8.25. The van der Waals surface area contributed by atoms with E-state index in [2.05, 4.69) is 15.9 Å². The number of nitrogens with zero attached hydrogens (tertiary/aromatic N) is 2. The van der Waals surface area contributed by atoms with Crippen LogP contribution in [0.15, 0.2) is 21.5 Å². The predicted molar refractivity (Wildman–Crippen MR) is 51.2 cm³/mol. The molecule has 4 heteroatoms. The molecular formula is C8H3BrN2S. The van der Waals surface area contributed by atoms with Gasteiger partial charge in [0.05, 0.1) is 3.79 Å². The van der Waals surface area contributed by atoms with Crippen LogP contribution in [0.25, 0.3) is 6.08 Å². The van der Waals surface area contributed by atoms with Crippen LogP contribution >= 0.6 is 27.3 Å². The largest absolute Gasteiger partial charge is 0.192 e. The van der Waals surface area contributed by atoms with E-state index in [4.69, 9.17) is 10.5 Å². The highest BCUT2D eigenvalue weighted by Crippen LogP contribution is 2.23. The van der Waals surface area contributed by atoms with E-state index < -0.39 is 0 Å². The van der Waals surface area contributed by atoms with Crippen LogP contribution in [0.3, 0.4) is 0 Å². The van der Waals surface area contributed by atoms with Crippen molar-refractivity contribution in [2.45, 2.75) is 0 Å². The third-order valence-corrected chi connectivity index (χ3v) is 2.69. The zero-order valence-electron chi connectivity index (χ0n) is 5.91. The van der Waals surface area contributed by atoms with Crippen LogP contribution in [0, 0.1) is 22.7 Å². The van der Waals surface area contributed by atoms with Gasteiger partial charge < -0.3 is 0 Å². The highest BCUT2D eigenvalue weighted by Gasteiger charge is 1.96. The van der Waals surface area contributed by atoms with Crippen LogP contribution in [-0.2, 0) is 0 Å². The molecule has 0 fully saturated rings. The molecular weight excluding hydrogens is 236 g/mol. The Morgan fingerprint density at radius 1 is 1.42 bits per heavy atom. The smallest absolute Gasteiger partial charge is 0.131 e. The number of hydrogen-bond donors (Lipinski definition) is 0. The van der Waals surface area contributed by atoms with Gasteiger partial charge in [0.1, 0.15) is 17.7 Å². The molecule has 0 spiro atoms. The fraction of sp³-hybridized carbons (Fsp3) is 0. The zero-order chi connectivity index (χ0) is 8.97. The molecule has 58 valence electrons. The van der Waals surface area contributed by atoms with Gasteiger partial charge in [-0.05, 0) is 34.1 Å². The van der Waals surface area contributed by atoms with Gasteiger partial charge >= 0.3 is 0 Å². The summed E-state index contributed by atoms with van der Waals surface area (Å²) in [5.74, 6) is 0. The minimum atomic E-state index is 0.129. The van der Waals surface area contributed by atoms with E-state index in [1.54, 1.807) is 18.2 Å². The van der Waals surface area contributed by atoms with Gasteiger partial charge in [-0.15, -0.1) is 11.3 Å². The molecule has 12 heavy (non-hydrogen) atoms. The molecule has 0 radical (unpaired) electrons. The van der Waals surface area contributed by atoms with Crippen LogP contribution in [0.4, 0.5) is 0 Å². The van der Waals surface area contributed by atoms with E-state index in [0.717, 1.165) is 8.66 Å². The molecule has 1 heterocycles. The molecule has 0 bridgehead atoms. The molecule has 0 aromatic carbocycles. The number of thiophene rings is 1. The Bertz CT molecular complexity index is 376. The fourth-order valence-electron chi connectivity index (χ4n) is 0.638. The van der Waals surface area contributed by atoms with Crippen molar-refractivity contribution in [2.24, 2.45) is 0 Å². The molecule has 0 aliphatic heterocycles. The molecule has 0 amide bonds. The standard InChI is InChI=1S/C8H3BrN2S/c9-8-2-1-7(12-8)3-6(4-10)5-11/h1-3H. The Morgan fingerprint density at radius 2 is 2.08 bits per heavy atom. The van der Waals surface area contributed by atoms with Crippen molar-refractivity contribution in [3.8, 4) is 12.1 Å². The lowest BCUT2D eigenvalue weighted by Crippen LogP contribution is -1.68. The first-order valence-corrected chi connectivity index (χ1v) is 4.64. The molecule has 0 saturated heterocycles. The second kappa shape index (κ2) is 4.06. The summed E-state index contributed by atoms with van der Waals surface area (Å²) < 4.78 is 0.990. The summed E-state index contributed by atoms with van der Waals surface area (Å²) in [5, 5.41) is 16.9. The van der Waals surface area contributed by atoms with Crippen LogP contribution in [0.1, 0.15) is 4.88 Å². The van der Waals surface area contributed by atoms with Gasteiger partial charge in [-0.25, -0.2) is 0 Å². The summed E-state index contributed by atoms with van der Waals surface area (Å²) >= 11 is 4.77. The van der Waals surface area contributed by atoms with Crippen molar-refractivity contribution in [1.29, 1.82) is 10.5 Å². The second-order valence-corrected chi connectivity index (χ2v) is 4.42. The van der Waals surface area contributed by atoms with Crippen molar-refractivity contribution in [3.05, 3.63) is 26.4 Å². The maximum Gasteiger partial charge on any atom is 0.131 e. The quantitative estimate of drug-likeness (QED) is 0.707. The van der Waals surface area contributed by atoms with Gasteiger partial charge in [0, 0.05) is 4.88 Å². The SMILES string of the molecule is N#CC(C#N)=Cc1ccc(Br)s1. The van der Waals surface area contributed by atoms with Crippen molar-refractivity contribution in [3.63, 3.8) is 0 Å². The second-order valence-electron chi connectivity index (χ2n) is 1.92. The summed E-state index contributed by atoms with van der Waals surface area (Å²) in [7, 11) is 0. The number of nitriles is 2. The first-order chi connectivity index (χ1) is 5.76. The summed E-state index contributed by atoms with van der Waals surface area (Å²) in [4.78, 5) is 0.903. The minimum absolute atomic E-state index is 0.129. The minimum Gasteiger partial charge on any atom is -0.192 e. The molecule has 0 unspecified atom stereocenters. The van der Waals surface area contributed by atoms with Crippen LogP contribution in [0.2, 0.25) is 0 Å². The third-order valence-electron chi connectivity index (χ3n) is 1.12. The summed E-state index contributed by atoms with van der Waals surface area (Å²) in [6, 6.07) is 7.33. The average Bonchev–Trinajstić information content (AvgIpc) is 2.47. The molecule has 0 aliphatic carbocycles. The highest BCUT2D eigenvalue weighted by molar-refractivity contribution is 9.11. The van der Waals surface area contributed by atoms with Crippen LogP contribution in [-0.4, -0.2) is 0 Å². The molecule has 1 aromatic rings. The number of rotatable bonds is 1. The zero-order valence-corrected chi connectivity index (χ0v) is 8.32. The molecule has 0 atom stereocenters. The average molecular weight is 239 g/mol. The Hall–Kier alpha value is -1.10. The molecule has 0 saturated carbocycles. The fourth-order valence-corrected chi connectivity index (χ4v) is 2.00. The van der Waals surface area contributed by atoms with Crippen molar-refractivity contribution >= 4 is 33.3 Å². The van der Waals surface area contributed by atoms with Gasteiger partial charge in [0.2, 0.25) is 0 Å². The molecule has 0 N–H and O–H groups in total. The van der Waals surface area contributed by atoms with Gasteiger partial charge in [-0.1, -0.05) is 0 Å². The predicted octanol–water partition coefficient (Wildman–Crippen LogP) is 2.94. The van der Waals surface area contributed by atoms with Crippen molar-refractivity contribution in [1.82, 2.24) is 0 Å². The first-order valence-electron chi connectivity index (χ1n) is 3.03. The maximum atomic E-state index is 8.45. The number of allylic oxidation sites excluding steroid dienone is 1. The Balaban J connectivity index is 2.97. The van der Waals surface area contributed by atoms with Gasteiger partial charge in [-0.3, -0.25) is 0 Å². The van der Waals surface area contributed by atoms with E-state index >= 15 is 0 Å². The van der Waals surface area contributed by atoms with Crippen molar-refractivity contribution < 1.29 is 0 Å². The summed E-state index contributed by atoms with van der Waals surface area (Å²) in [5.41, 5.74) is 0.129. The molecule has 2 nitrogen and oxygen atoms in total. The highest BCUT2D eigenvalue weighted by atomic mass is 79.9. The summed E-state index contributed by atoms with van der Waals surface area (Å²) in [6.07, 6.45) is 1.56. The summed E-state index contributed by atoms with van der Waals surface area (Å²) in [6.45, 7) is 0. The lowest BCUT2D eigenvalue weighted by Gasteiger charge is -1.80. The molecule has 1 aromatic heterocycles. The number of hydrogen-bond acceptors (Lipinski definition) is 3. The maximum absolute atomic E-state index is 8.45. The molecule has 1 rings (SSSR count). The van der Waals surface area contributed by atoms with Crippen LogP contribution in [0.5, 0.6) is 0 Å².